The van der Waals surface area contributed by atoms with Crippen LogP contribution in [0.25, 0.3) is 0 Å². The first-order chi connectivity index (χ1) is 6.26. The van der Waals surface area contributed by atoms with E-state index in [9.17, 15) is 4.39 Å². The van der Waals surface area contributed by atoms with E-state index in [0.717, 1.165) is 12.8 Å². The highest BCUT2D eigenvalue weighted by molar-refractivity contribution is 5.17. The number of hydrogen-bond acceptors (Lipinski definition) is 2. The average Bonchev–Trinajstić information content (AvgIpc) is 2.17. The van der Waals surface area contributed by atoms with Gasteiger partial charge >= 0.3 is 0 Å². The molecule has 0 bridgehead atoms. The molecule has 0 spiro atoms. The minimum atomic E-state index is -0.152. The monoisotopic (exact) mass is 185 g/mol. The maximum Gasteiger partial charge on any atom is 0.118 e. The van der Waals surface area contributed by atoms with Gasteiger partial charge in [0.1, 0.15) is 5.83 Å². The average molecular weight is 185 g/mol. The van der Waals surface area contributed by atoms with Gasteiger partial charge in [-0.1, -0.05) is 6.08 Å². The molecule has 0 aromatic rings. The number of likely N-dealkylation sites (N-methyl/N-ethyl adjacent to an activating group) is 1. The molecule has 0 amide bonds. The van der Waals surface area contributed by atoms with E-state index in [0.29, 0.717) is 5.92 Å². The zero-order chi connectivity index (χ0) is 9.68. The van der Waals surface area contributed by atoms with Crippen LogP contribution in [0.3, 0.4) is 0 Å². The highest BCUT2D eigenvalue weighted by atomic mass is 19.1. The first-order valence-electron chi connectivity index (χ1n) is 4.58. The van der Waals surface area contributed by atoms with Crippen molar-refractivity contribution in [2.24, 2.45) is 5.92 Å². The van der Waals surface area contributed by atoms with Crippen LogP contribution in [0.2, 0.25) is 0 Å². The molecule has 2 N–H and O–H groups in total. The summed E-state index contributed by atoms with van der Waals surface area (Å²) >= 11 is 0. The highest BCUT2D eigenvalue weighted by Crippen LogP contribution is 2.21. The number of aliphatic hydroxyl groups is 1. The van der Waals surface area contributed by atoms with Crippen molar-refractivity contribution in [2.75, 3.05) is 13.7 Å². The van der Waals surface area contributed by atoms with Gasteiger partial charge in [-0.3, -0.25) is 0 Å². The van der Waals surface area contributed by atoms with Crippen molar-refractivity contribution < 1.29 is 9.50 Å². The van der Waals surface area contributed by atoms with Crippen LogP contribution in [0.5, 0.6) is 0 Å². The number of hydrogen-bond donors (Lipinski definition) is 2. The standard InChI is InChI=1S/C10H16FNO/c1-12-10(7-13)6-8-2-4-9(11)5-3-8/h2,4-5,8,10,12-13H,3,6-7H2,1H3/t8?,10-/m0/s1. The number of allylic oxidation sites excluding steroid dienone is 4. The predicted octanol–water partition coefficient (Wildman–Crippen LogP) is 1.39. The molecular formula is C10H16FNO. The Morgan fingerprint density at radius 2 is 2.54 bits per heavy atom. The molecule has 0 fully saturated rings. The minimum Gasteiger partial charge on any atom is -0.395 e. The van der Waals surface area contributed by atoms with E-state index in [1.54, 1.807) is 6.08 Å². The van der Waals surface area contributed by atoms with E-state index in [1.165, 1.54) is 6.08 Å². The molecule has 0 aromatic heterocycles. The van der Waals surface area contributed by atoms with Crippen molar-refractivity contribution in [3.63, 3.8) is 0 Å². The van der Waals surface area contributed by atoms with Crippen molar-refractivity contribution in [2.45, 2.75) is 18.9 Å². The molecule has 1 aliphatic carbocycles. The number of nitrogens with one attached hydrogen (secondary N) is 1. The normalized spacial score (nSPS) is 24.2. The van der Waals surface area contributed by atoms with Gasteiger partial charge in [0, 0.05) is 6.04 Å². The first-order valence-corrected chi connectivity index (χ1v) is 4.58. The lowest BCUT2D eigenvalue weighted by atomic mass is 9.93. The van der Waals surface area contributed by atoms with Gasteiger partial charge in [-0.05, 0) is 38.0 Å². The van der Waals surface area contributed by atoms with Gasteiger partial charge in [0.25, 0.3) is 0 Å². The molecule has 3 heteroatoms. The molecule has 0 heterocycles. The van der Waals surface area contributed by atoms with E-state index in [2.05, 4.69) is 5.32 Å². The summed E-state index contributed by atoms with van der Waals surface area (Å²) in [6.45, 7) is 0.132. The lowest BCUT2D eigenvalue weighted by Crippen LogP contribution is -2.31. The van der Waals surface area contributed by atoms with Gasteiger partial charge in [-0.15, -0.1) is 0 Å². The highest BCUT2D eigenvalue weighted by Gasteiger charge is 2.13. The summed E-state index contributed by atoms with van der Waals surface area (Å²) in [5.41, 5.74) is 0. The predicted molar refractivity (Wildman–Crippen MR) is 51.0 cm³/mol. The van der Waals surface area contributed by atoms with Crippen molar-refractivity contribution in [1.82, 2.24) is 5.32 Å². The van der Waals surface area contributed by atoms with Gasteiger partial charge in [0.15, 0.2) is 0 Å². The Kier molecular flexibility index (Phi) is 4.12. The second-order valence-electron chi connectivity index (χ2n) is 3.35. The maximum atomic E-state index is 12.6. The van der Waals surface area contributed by atoms with E-state index in [4.69, 9.17) is 5.11 Å². The molecule has 0 aromatic carbocycles. The Morgan fingerprint density at radius 1 is 1.77 bits per heavy atom. The third-order valence-corrected chi connectivity index (χ3v) is 2.36. The summed E-state index contributed by atoms with van der Waals surface area (Å²) in [6.07, 6.45) is 6.55. The van der Waals surface area contributed by atoms with E-state index in [-0.39, 0.29) is 18.5 Å². The van der Waals surface area contributed by atoms with Gasteiger partial charge in [-0.25, -0.2) is 4.39 Å². The number of rotatable bonds is 4. The number of aliphatic hydroxyl groups excluding tert-OH is 1. The zero-order valence-corrected chi connectivity index (χ0v) is 7.83. The van der Waals surface area contributed by atoms with Crippen LogP contribution in [-0.4, -0.2) is 24.8 Å². The second kappa shape index (κ2) is 5.14. The van der Waals surface area contributed by atoms with E-state index in [1.807, 2.05) is 13.1 Å². The van der Waals surface area contributed by atoms with Crippen LogP contribution in [0.15, 0.2) is 24.1 Å². The summed E-state index contributed by atoms with van der Waals surface area (Å²) in [5, 5.41) is 11.9. The molecule has 0 aliphatic heterocycles. The Hall–Kier alpha value is -0.670. The Labute approximate surface area is 78.1 Å². The summed E-state index contributed by atoms with van der Waals surface area (Å²) in [4.78, 5) is 0. The second-order valence-corrected chi connectivity index (χ2v) is 3.35. The van der Waals surface area contributed by atoms with Crippen LogP contribution in [0.1, 0.15) is 12.8 Å². The van der Waals surface area contributed by atoms with Crippen LogP contribution in [0, 0.1) is 5.92 Å². The molecule has 2 atom stereocenters. The van der Waals surface area contributed by atoms with Gasteiger partial charge in [-0.2, -0.15) is 0 Å². The number of halogens is 1. The molecule has 0 saturated heterocycles. The summed E-state index contributed by atoms with van der Waals surface area (Å²) in [6, 6.07) is 0.115. The van der Waals surface area contributed by atoms with Gasteiger partial charge in [0.2, 0.25) is 0 Å². The molecule has 74 valence electrons. The lowest BCUT2D eigenvalue weighted by molar-refractivity contribution is 0.232. The van der Waals surface area contributed by atoms with Gasteiger partial charge < -0.3 is 10.4 Å². The molecule has 13 heavy (non-hydrogen) atoms. The fraction of sp³-hybridized carbons (Fsp3) is 0.600. The smallest absolute Gasteiger partial charge is 0.118 e. The summed E-state index contributed by atoms with van der Waals surface area (Å²) in [7, 11) is 1.82. The Bertz CT molecular complexity index is 209. The van der Waals surface area contributed by atoms with Crippen LogP contribution >= 0.6 is 0 Å². The van der Waals surface area contributed by atoms with E-state index < -0.39 is 0 Å². The Balaban J connectivity index is 2.35. The van der Waals surface area contributed by atoms with Crippen LogP contribution in [-0.2, 0) is 0 Å². The largest absolute Gasteiger partial charge is 0.395 e. The fourth-order valence-corrected chi connectivity index (χ4v) is 1.46. The molecule has 2 nitrogen and oxygen atoms in total. The molecule has 0 radical (unpaired) electrons. The van der Waals surface area contributed by atoms with Crippen LogP contribution in [0.4, 0.5) is 4.39 Å². The fourth-order valence-electron chi connectivity index (χ4n) is 1.46. The molecule has 1 rings (SSSR count). The quantitative estimate of drug-likeness (QED) is 0.693. The zero-order valence-electron chi connectivity index (χ0n) is 7.83. The van der Waals surface area contributed by atoms with Crippen LogP contribution < -0.4 is 5.32 Å². The molecule has 0 saturated carbocycles. The molecule has 1 unspecified atom stereocenters. The SMILES string of the molecule is CN[C@H](CO)CC1C=CC(F)=CC1. The molecular weight excluding hydrogens is 169 g/mol. The minimum absolute atomic E-state index is 0.115. The van der Waals surface area contributed by atoms with Crippen molar-refractivity contribution in [3.8, 4) is 0 Å². The first kappa shape index (κ1) is 10.4. The van der Waals surface area contributed by atoms with Crippen molar-refractivity contribution in [3.05, 3.63) is 24.1 Å². The van der Waals surface area contributed by atoms with Gasteiger partial charge in [0.05, 0.1) is 6.61 Å². The summed E-state index contributed by atoms with van der Waals surface area (Å²) < 4.78 is 12.6. The Morgan fingerprint density at radius 3 is 3.00 bits per heavy atom. The van der Waals surface area contributed by atoms with Crippen molar-refractivity contribution >= 4 is 0 Å². The maximum absolute atomic E-state index is 12.6. The van der Waals surface area contributed by atoms with Crippen molar-refractivity contribution in [1.29, 1.82) is 0 Å². The molecule has 1 aliphatic rings. The van der Waals surface area contributed by atoms with E-state index >= 15 is 0 Å². The third kappa shape index (κ3) is 3.28. The summed E-state index contributed by atoms with van der Waals surface area (Å²) in [5.74, 6) is 0.199. The topological polar surface area (TPSA) is 32.3 Å². The lowest BCUT2D eigenvalue weighted by Gasteiger charge is -2.19. The third-order valence-electron chi connectivity index (χ3n) is 2.36.